The maximum atomic E-state index is 12.4. The summed E-state index contributed by atoms with van der Waals surface area (Å²) in [5.41, 5.74) is 7.64. The molecule has 3 aliphatic heterocycles. The standard InChI is InChI=1S/C17H23N5O4S/c1-2-8-19-16(23)22-9-4-5-11(17(22)25-26-17)10-24-13-7-3-6-12-14(13)15(18)21-27-20-12/h3,6-7,11,20H,2,4-5,8-10H2,1H3,(H2,18,21)(H,19,23). The Labute approximate surface area is 161 Å². The number of amidine groups is 1. The third-order valence-corrected chi connectivity index (χ3v) is 5.47. The number of carbonyl (C=O) groups is 1. The van der Waals surface area contributed by atoms with Crippen molar-refractivity contribution in [2.75, 3.05) is 24.4 Å². The molecule has 0 saturated carbocycles. The first-order valence-electron chi connectivity index (χ1n) is 9.09. The molecule has 0 bridgehead atoms. The number of urea groups is 1. The van der Waals surface area contributed by atoms with E-state index in [1.54, 1.807) is 4.90 Å². The molecule has 4 N–H and O–H groups in total. The second-order valence-electron chi connectivity index (χ2n) is 6.68. The quantitative estimate of drug-likeness (QED) is 0.399. The van der Waals surface area contributed by atoms with E-state index in [0.717, 1.165) is 30.5 Å². The van der Waals surface area contributed by atoms with Crippen molar-refractivity contribution in [2.45, 2.75) is 32.1 Å². The lowest BCUT2D eigenvalue weighted by Crippen LogP contribution is -2.56. The number of benzene rings is 1. The molecule has 10 heteroatoms. The highest BCUT2D eigenvalue weighted by atomic mass is 32.2. The van der Waals surface area contributed by atoms with Crippen LogP contribution in [0.2, 0.25) is 0 Å². The second-order valence-corrected chi connectivity index (χ2v) is 7.25. The Kier molecular flexibility index (Phi) is 5.02. The van der Waals surface area contributed by atoms with Gasteiger partial charge in [-0.2, -0.15) is 14.2 Å². The van der Waals surface area contributed by atoms with Crippen molar-refractivity contribution in [3.8, 4) is 5.75 Å². The van der Waals surface area contributed by atoms with E-state index in [-0.39, 0.29) is 11.9 Å². The fourth-order valence-electron chi connectivity index (χ4n) is 3.44. The van der Waals surface area contributed by atoms with Gasteiger partial charge < -0.3 is 20.5 Å². The third kappa shape index (κ3) is 3.40. The van der Waals surface area contributed by atoms with E-state index in [1.807, 2.05) is 25.1 Å². The first-order valence-corrected chi connectivity index (χ1v) is 9.87. The number of hydrogen-bond acceptors (Lipinski definition) is 8. The first-order chi connectivity index (χ1) is 13.2. The van der Waals surface area contributed by atoms with Gasteiger partial charge in [-0.15, -0.1) is 0 Å². The van der Waals surface area contributed by atoms with Crippen LogP contribution in [0.15, 0.2) is 22.6 Å². The molecule has 9 nitrogen and oxygen atoms in total. The van der Waals surface area contributed by atoms with Crippen LogP contribution in [0.25, 0.3) is 0 Å². The summed E-state index contributed by atoms with van der Waals surface area (Å²) in [5, 5.41) is 2.88. The van der Waals surface area contributed by atoms with Crippen LogP contribution in [0, 0.1) is 5.92 Å². The highest BCUT2D eigenvalue weighted by Gasteiger charge is 2.64. The van der Waals surface area contributed by atoms with Crippen molar-refractivity contribution in [3.05, 3.63) is 23.8 Å². The fourth-order valence-corrected chi connectivity index (χ4v) is 3.94. The molecule has 2 amide bonds. The van der Waals surface area contributed by atoms with E-state index in [0.29, 0.717) is 31.3 Å². The number of nitrogens with two attached hydrogens (primary N) is 1. The number of amides is 2. The number of anilines is 1. The van der Waals surface area contributed by atoms with Gasteiger partial charge in [0.05, 0.1) is 35.9 Å². The second kappa shape index (κ2) is 7.45. The number of nitrogens with zero attached hydrogens (tertiary/aromatic N) is 2. The van der Waals surface area contributed by atoms with E-state index in [1.165, 1.54) is 12.1 Å². The average molecular weight is 393 g/mol. The molecule has 1 unspecified atom stereocenters. The molecule has 2 fully saturated rings. The highest BCUT2D eigenvalue weighted by molar-refractivity contribution is 7.99. The summed E-state index contributed by atoms with van der Waals surface area (Å²) >= 11 is 1.19. The number of ether oxygens (including phenoxy) is 1. The minimum Gasteiger partial charge on any atom is -0.492 e. The number of carbonyl (C=O) groups excluding carboxylic acids is 1. The zero-order chi connectivity index (χ0) is 18.9. The van der Waals surface area contributed by atoms with Gasteiger partial charge in [-0.1, -0.05) is 13.0 Å². The molecule has 1 atom stereocenters. The lowest BCUT2D eigenvalue weighted by molar-refractivity contribution is -0.00477. The Morgan fingerprint density at radius 2 is 2.41 bits per heavy atom. The summed E-state index contributed by atoms with van der Waals surface area (Å²) in [6.45, 7) is 3.56. The molecule has 146 valence electrons. The lowest BCUT2D eigenvalue weighted by atomic mass is 9.95. The molecule has 4 rings (SSSR count). The van der Waals surface area contributed by atoms with Gasteiger partial charge in [0.15, 0.2) is 0 Å². The molecule has 1 spiro atoms. The maximum Gasteiger partial charge on any atom is 0.321 e. The highest BCUT2D eigenvalue weighted by Crippen LogP contribution is 2.46. The van der Waals surface area contributed by atoms with Crippen molar-refractivity contribution < 1.29 is 19.3 Å². The minimum absolute atomic E-state index is 0.0985. The Morgan fingerprint density at radius 3 is 3.19 bits per heavy atom. The van der Waals surface area contributed by atoms with Crippen molar-refractivity contribution in [2.24, 2.45) is 16.0 Å². The Morgan fingerprint density at radius 1 is 1.56 bits per heavy atom. The molecule has 0 radical (unpaired) electrons. The van der Waals surface area contributed by atoms with Crippen molar-refractivity contribution >= 4 is 29.7 Å². The normalized spacial score (nSPS) is 22.5. The number of nitrogens with one attached hydrogen (secondary N) is 2. The van der Waals surface area contributed by atoms with Crippen LogP contribution in [-0.2, 0) is 9.78 Å². The van der Waals surface area contributed by atoms with Gasteiger partial charge in [-0.3, -0.25) is 4.90 Å². The smallest absolute Gasteiger partial charge is 0.321 e. The summed E-state index contributed by atoms with van der Waals surface area (Å²) in [5.74, 6) is -0.0655. The van der Waals surface area contributed by atoms with Crippen LogP contribution in [0.1, 0.15) is 31.7 Å². The van der Waals surface area contributed by atoms with Crippen LogP contribution >= 0.6 is 12.1 Å². The predicted octanol–water partition coefficient (Wildman–Crippen LogP) is 2.21. The lowest BCUT2D eigenvalue weighted by Gasteiger charge is -2.35. The van der Waals surface area contributed by atoms with E-state index in [4.69, 9.17) is 20.2 Å². The fraction of sp³-hybridized carbons (Fsp3) is 0.529. The van der Waals surface area contributed by atoms with Gasteiger partial charge in [0.2, 0.25) is 0 Å². The van der Waals surface area contributed by atoms with Crippen molar-refractivity contribution in [1.29, 1.82) is 0 Å². The monoisotopic (exact) mass is 393 g/mol. The molecule has 0 aromatic heterocycles. The van der Waals surface area contributed by atoms with Crippen LogP contribution in [0.4, 0.5) is 10.5 Å². The number of likely N-dealkylation sites (tertiary alicyclic amines) is 1. The van der Waals surface area contributed by atoms with Gasteiger partial charge in [-0.25, -0.2) is 4.79 Å². The van der Waals surface area contributed by atoms with Gasteiger partial charge in [-0.05, 0) is 31.4 Å². The molecule has 0 aliphatic carbocycles. The van der Waals surface area contributed by atoms with Crippen LogP contribution in [-0.4, -0.2) is 42.4 Å². The zero-order valence-corrected chi connectivity index (χ0v) is 15.9. The van der Waals surface area contributed by atoms with E-state index >= 15 is 0 Å². The number of hydrogen-bond donors (Lipinski definition) is 3. The Bertz CT molecular complexity index is 755. The number of rotatable bonds is 5. The van der Waals surface area contributed by atoms with Crippen LogP contribution < -0.4 is 20.5 Å². The number of fused-ring (bicyclic) bond motifs is 1. The predicted molar refractivity (Wildman–Crippen MR) is 102 cm³/mol. The largest absolute Gasteiger partial charge is 0.492 e. The average Bonchev–Trinajstić information content (AvgIpc) is 3.46. The maximum absolute atomic E-state index is 12.4. The molecule has 2 saturated heterocycles. The van der Waals surface area contributed by atoms with Gasteiger partial charge in [0, 0.05) is 13.1 Å². The molecule has 3 aliphatic rings. The summed E-state index contributed by atoms with van der Waals surface area (Å²) in [7, 11) is 0. The summed E-state index contributed by atoms with van der Waals surface area (Å²) in [4.78, 5) is 24.7. The molecule has 1 aromatic carbocycles. The molecule has 27 heavy (non-hydrogen) atoms. The van der Waals surface area contributed by atoms with E-state index in [2.05, 4.69) is 14.4 Å². The minimum atomic E-state index is -1.03. The Hall–Kier alpha value is -2.17. The first kappa shape index (κ1) is 18.2. The van der Waals surface area contributed by atoms with Crippen LogP contribution in [0.3, 0.4) is 0 Å². The van der Waals surface area contributed by atoms with E-state index in [9.17, 15) is 4.79 Å². The van der Waals surface area contributed by atoms with Gasteiger partial charge >= 0.3 is 11.9 Å². The molecular formula is C17H23N5O4S. The topological polar surface area (TPSA) is 117 Å². The SMILES string of the molecule is CCCNC(=O)N1CCCC(COc2cccc3c2C(N)=NSN3)C12OO2. The van der Waals surface area contributed by atoms with Gasteiger partial charge in [0.1, 0.15) is 11.6 Å². The van der Waals surface area contributed by atoms with Crippen molar-refractivity contribution in [3.63, 3.8) is 0 Å². The molecule has 1 aromatic rings. The number of piperidine rings is 1. The van der Waals surface area contributed by atoms with Crippen molar-refractivity contribution in [1.82, 2.24) is 10.2 Å². The van der Waals surface area contributed by atoms with Gasteiger partial charge in [0.25, 0.3) is 0 Å². The summed E-state index contributed by atoms with van der Waals surface area (Å²) in [6.07, 6.45) is 2.57. The molecule has 3 heterocycles. The van der Waals surface area contributed by atoms with E-state index < -0.39 is 5.91 Å². The van der Waals surface area contributed by atoms with Crippen LogP contribution in [0.5, 0.6) is 5.75 Å². The molecular weight excluding hydrogens is 370 g/mol. The zero-order valence-electron chi connectivity index (χ0n) is 15.1. The summed E-state index contributed by atoms with van der Waals surface area (Å²) < 4.78 is 13.3. The third-order valence-electron chi connectivity index (χ3n) is 4.87. The summed E-state index contributed by atoms with van der Waals surface area (Å²) in [6, 6.07) is 5.50. The Balaban J connectivity index is 1.47.